The SMILES string of the molecule is C1CN2CC1CC(C1CC3CCN(C3)S1)O2. The van der Waals surface area contributed by atoms with Gasteiger partial charge in [0.2, 0.25) is 0 Å². The van der Waals surface area contributed by atoms with E-state index in [0.29, 0.717) is 6.10 Å². The fourth-order valence-electron chi connectivity index (χ4n) is 3.74. The van der Waals surface area contributed by atoms with Gasteiger partial charge in [-0.05, 0) is 37.5 Å². The summed E-state index contributed by atoms with van der Waals surface area (Å²) in [5, 5.41) is 2.97. The Balaban J connectivity index is 1.46. The summed E-state index contributed by atoms with van der Waals surface area (Å²) < 4.78 is 2.58. The summed E-state index contributed by atoms with van der Waals surface area (Å²) in [6.07, 6.45) is 6.00. The third-order valence-electron chi connectivity index (χ3n) is 4.61. The molecule has 4 aliphatic rings. The first-order valence-corrected chi connectivity index (χ1v) is 7.54. The summed E-state index contributed by atoms with van der Waals surface area (Å²) in [6, 6.07) is 0. The van der Waals surface area contributed by atoms with Gasteiger partial charge >= 0.3 is 0 Å². The van der Waals surface area contributed by atoms with E-state index < -0.39 is 0 Å². The number of hydrogen-bond donors (Lipinski definition) is 0. The van der Waals surface area contributed by atoms with Crippen molar-refractivity contribution in [1.29, 1.82) is 0 Å². The minimum Gasteiger partial charge on any atom is -0.294 e. The lowest BCUT2D eigenvalue weighted by Gasteiger charge is -2.38. The molecular weight excluding hydrogens is 220 g/mol. The van der Waals surface area contributed by atoms with Crippen LogP contribution in [0.2, 0.25) is 0 Å². The van der Waals surface area contributed by atoms with E-state index in [1.165, 1.54) is 51.9 Å². The van der Waals surface area contributed by atoms with E-state index in [2.05, 4.69) is 21.3 Å². The molecule has 4 heteroatoms. The average Bonchev–Trinajstić information content (AvgIpc) is 2.81. The Morgan fingerprint density at radius 3 is 2.75 bits per heavy atom. The molecule has 0 spiro atoms. The molecule has 0 amide bonds. The average molecular weight is 240 g/mol. The number of rotatable bonds is 1. The fourth-order valence-corrected chi connectivity index (χ4v) is 5.28. The van der Waals surface area contributed by atoms with Crippen LogP contribution in [0.5, 0.6) is 0 Å². The molecule has 4 heterocycles. The molecule has 0 aromatic rings. The molecule has 4 saturated heterocycles. The molecule has 16 heavy (non-hydrogen) atoms. The van der Waals surface area contributed by atoms with Crippen LogP contribution in [0.3, 0.4) is 0 Å². The van der Waals surface area contributed by atoms with Gasteiger partial charge in [0.05, 0.1) is 6.10 Å². The van der Waals surface area contributed by atoms with E-state index in [0.717, 1.165) is 17.1 Å². The third-order valence-corrected chi connectivity index (χ3v) is 6.01. The Morgan fingerprint density at radius 1 is 1.00 bits per heavy atom. The maximum absolute atomic E-state index is 6.13. The van der Waals surface area contributed by atoms with Crippen molar-refractivity contribution in [2.75, 3.05) is 26.2 Å². The second kappa shape index (κ2) is 3.87. The Labute approximate surface area is 102 Å². The number of hydroxylamine groups is 2. The molecule has 4 rings (SSSR count). The predicted octanol–water partition coefficient (Wildman–Crippen LogP) is 1.75. The summed E-state index contributed by atoms with van der Waals surface area (Å²) in [5.41, 5.74) is 0. The molecule has 6 atom stereocenters. The van der Waals surface area contributed by atoms with Crippen molar-refractivity contribution >= 4 is 11.9 Å². The van der Waals surface area contributed by atoms with Gasteiger partial charge in [-0.25, -0.2) is 0 Å². The largest absolute Gasteiger partial charge is 0.294 e. The van der Waals surface area contributed by atoms with Gasteiger partial charge in [0.15, 0.2) is 0 Å². The van der Waals surface area contributed by atoms with E-state index in [1.807, 2.05) is 0 Å². The third kappa shape index (κ3) is 1.70. The topological polar surface area (TPSA) is 15.7 Å². The van der Waals surface area contributed by atoms with Crippen LogP contribution in [0.1, 0.15) is 25.7 Å². The highest BCUT2D eigenvalue weighted by Gasteiger charge is 2.42. The van der Waals surface area contributed by atoms with Crippen molar-refractivity contribution in [3.05, 3.63) is 0 Å². The zero-order chi connectivity index (χ0) is 10.5. The second-order valence-corrected chi connectivity index (χ2v) is 7.18. The molecule has 0 saturated carbocycles. The molecule has 0 aliphatic carbocycles. The minimum absolute atomic E-state index is 0.509. The molecule has 4 bridgehead atoms. The van der Waals surface area contributed by atoms with Crippen molar-refractivity contribution in [2.24, 2.45) is 11.8 Å². The monoisotopic (exact) mass is 240 g/mol. The van der Waals surface area contributed by atoms with E-state index in [4.69, 9.17) is 4.84 Å². The fraction of sp³-hybridized carbons (Fsp3) is 1.00. The van der Waals surface area contributed by atoms with Gasteiger partial charge in [-0.2, -0.15) is 5.06 Å². The van der Waals surface area contributed by atoms with E-state index in [9.17, 15) is 0 Å². The van der Waals surface area contributed by atoms with Crippen LogP contribution in [-0.4, -0.2) is 46.9 Å². The molecule has 3 nitrogen and oxygen atoms in total. The molecule has 4 fully saturated rings. The Hall–Kier alpha value is 0.230. The first-order chi connectivity index (χ1) is 7.87. The standard InChI is InChI=1S/C12H20N2OS/c1-3-13-7-9(1)5-11(15-13)12-6-10-2-4-14(8-10)16-12/h9-12H,1-8H2. The van der Waals surface area contributed by atoms with Gasteiger partial charge in [0, 0.05) is 31.4 Å². The van der Waals surface area contributed by atoms with Crippen molar-refractivity contribution in [2.45, 2.75) is 37.0 Å². The summed E-state index contributed by atoms with van der Waals surface area (Å²) in [6.45, 7) is 5.01. The lowest BCUT2D eigenvalue weighted by molar-refractivity contribution is -0.208. The van der Waals surface area contributed by atoms with E-state index in [1.54, 1.807) is 0 Å². The van der Waals surface area contributed by atoms with Gasteiger partial charge in [-0.1, -0.05) is 11.9 Å². The molecular formula is C12H20N2OS. The lowest BCUT2D eigenvalue weighted by Crippen LogP contribution is -2.43. The first-order valence-electron chi connectivity index (χ1n) is 6.70. The Morgan fingerprint density at radius 2 is 1.88 bits per heavy atom. The van der Waals surface area contributed by atoms with Gasteiger partial charge in [-0.3, -0.25) is 9.14 Å². The van der Waals surface area contributed by atoms with Crippen LogP contribution in [-0.2, 0) is 4.84 Å². The highest BCUT2D eigenvalue weighted by Crippen LogP contribution is 2.43. The second-order valence-electron chi connectivity index (χ2n) is 5.84. The maximum Gasteiger partial charge on any atom is 0.0927 e. The lowest BCUT2D eigenvalue weighted by atomic mass is 9.93. The summed E-state index contributed by atoms with van der Waals surface area (Å²) in [4.78, 5) is 6.13. The summed E-state index contributed by atoms with van der Waals surface area (Å²) >= 11 is 2.09. The van der Waals surface area contributed by atoms with Crippen LogP contribution < -0.4 is 0 Å². The van der Waals surface area contributed by atoms with Crippen LogP contribution in [0.15, 0.2) is 0 Å². The summed E-state index contributed by atoms with van der Waals surface area (Å²) in [5.74, 6) is 1.89. The first kappa shape index (κ1) is 10.2. The van der Waals surface area contributed by atoms with Gasteiger partial charge in [0.25, 0.3) is 0 Å². The quantitative estimate of drug-likeness (QED) is 0.649. The highest BCUT2D eigenvalue weighted by molar-refractivity contribution is 7.97. The van der Waals surface area contributed by atoms with E-state index in [-0.39, 0.29) is 0 Å². The highest BCUT2D eigenvalue weighted by atomic mass is 32.2. The van der Waals surface area contributed by atoms with Gasteiger partial charge in [0.1, 0.15) is 0 Å². The molecule has 4 aliphatic heterocycles. The van der Waals surface area contributed by atoms with Gasteiger partial charge < -0.3 is 0 Å². The van der Waals surface area contributed by atoms with Gasteiger partial charge in [-0.15, -0.1) is 0 Å². The smallest absolute Gasteiger partial charge is 0.0927 e. The molecule has 0 radical (unpaired) electrons. The van der Waals surface area contributed by atoms with E-state index >= 15 is 0 Å². The molecule has 0 aromatic carbocycles. The molecule has 6 unspecified atom stereocenters. The number of hydrogen-bond acceptors (Lipinski definition) is 4. The number of fused-ring (bicyclic) bond motifs is 4. The van der Waals surface area contributed by atoms with Crippen molar-refractivity contribution < 1.29 is 4.84 Å². The zero-order valence-electron chi connectivity index (χ0n) is 9.68. The molecule has 90 valence electrons. The van der Waals surface area contributed by atoms with Crippen LogP contribution in [0, 0.1) is 11.8 Å². The normalized spacial score (nSPS) is 55.5. The van der Waals surface area contributed by atoms with Crippen molar-refractivity contribution in [3.63, 3.8) is 0 Å². The van der Waals surface area contributed by atoms with Crippen LogP contribution in [0.25, 0.3) is 0 Å². The zero-order valence-corrected chi connectivity index (χ0v) is 10.5. The minimum atomic E-state index is 0.509. The van der Waals surface area contributed by atoms with Crippen LogP contribution >= 0.6 is 11.9 Å². The summed E-state index contributed by atoms with van der Waals surface area (Å²) in [7, 11) is 0. The van der Waals surface area contributed by atoms with Crippen LogP contribution in [0.4, 0.5) is 0 Å². The molecule has 0 aromatic heterocycles. The predicted molar refractivity (Wildman–Crippen MR) is 64.8 cm³/mol. The number of nitrogens with zero attached hydrogens (tertiary/aromatic N) is 2. The Kier molecular flexibility index (Phi) is 2.46. The van der Waals surface area contributed by atoms with Crippen molar-refractivity contribution in [3.8, 4) is 0 Å². The maximum atomic E-state index is 6.13. The van der Waals surface area contributed by atoms with Crippen molar-refractivity contribution in [1.82, 2.24) is 9.37 Å². The molecule has 0 N–H and O–H groups in total. The Bertz CT molecular complexity index is 236.